The van der Waals surface area contributed by atoms with Crippen LogP contribution in [0.4, 0.5) is 5.69 Å². The van der Waals surface area contributed by atoms with Gasteiger partial charge in [-0.3, -0.25) is 9.59 Å². The number of nitrogens with one attached hydrogen (secondary N) is 1. The molecule has 1 N–H and O–H groups in total. The Bertz CT molecular complexity index is 605. The number of likely N-dealkylation sites (tertiary alicyclic amines) is 1. The van der Waals surface area contributed by atoms with Gasteiger partial charge in [0.15, 0.2) is 0 Å². The van der Waals surface area contributed by atoms with E-state index in [1.807, 2.05) is 30.0 Å². The van der Waals surface area contributed by atoms with Crippen LogP contribution in [0.5, 0.6) is 0 Å². The second kappa shape index (κ2) is 7.04. The van der Waals surface area contributed by atoms with Crippen LogP contribution in [0.2, 0.25) is 0 Å². The zero-order valence-electron chi connectivity index (χ0n) is 13.5. The number of hydrogen-bond donors (Lipinski definition) is 1. The number of anilines is 1. The highest BCUT2D eigenvalue weighted by molar-refractivity contribution is 9.10. The molecule has 0 unspecified atom stereocenters. The highest BCUT2D eigenvalue weighted by Gasteiger charge is 2.33. The minimum absolute atomic E-state index is 0.00407. The molecule has 0 spiro atoms. The van der Waals surface area contributed by atoms with E-state index in [1.165, 1.54) is 6.42 Å². The van der Waals surface area contributed by atoms with Crippen LogP contribution in [-0.4, -0.2) is 29.8 Å². The summed E-state index contributed by atoms with van der Waals surface area (Å²) in [6.45, 7) is 3.43. The van der Waals surface area contributed by atoms with Crippen molar-refractivity contribution in [3.05, 3.63) is 28.2 Å². The Hall–Kier alpha value is -1.36. The molecular formula is C18H23BrN2O2. The standard InChI is InChI=1S/C18H23BrN2O2/c1-12-11-15(5-6-16(12)19)20-17(22)13-7-9-21(10-8-13)18(23)14-3-2-4-14/h5-6,11,13-14H,2-4,7-10H2,1H3,(H,20,22). The summed E-state index contributed by atoms with van der Waals surface area (Å²) in [5, 5.41) is 3.01. The van der Waals surface area contributed by atoms with Crippen LogP contribution in [0.3, 0.4) is 0 Å². The second-order valence-corrected chi connectivity index (χ2v) is 7.53. The Kier molecular flexibility index (Phi) is 5.05. The van der Waals surface area contributed by atoms with E-state index in [1.54, 1.807) is 0 Å². The Balaban J connectivity index is 1.51. The molecule has 124 valence electrons. The van der Waals surface area contributed by atoms with Gasteiger partial charge >= 0.3 is 0 Å². The quantitative estimate of drug-likeness (QED) is 0.870. The lowest BCUT2D eigenvalue weighted by atomic mass is 9.83. The van der Waals surface area contributed by atoms with Gasteiger partial charge in [-0.25, -0.2) is 0 Å². The first-order valence-electron chi connectivity index (χ1n) is 8.40. The normalized spacial score (nSPS) is 19.3. The van der Waals surface area contributed by atoms with Crippen molar-refractivity contribution in [3.63, 3.8) is 0 Å². The van der Waals surface area contributed by atoms with E-state index in [4.69, 9.17) is 0 Å². The fraction of sp³-hybridized carbons (Fsp3) is 0.556. The first-order valence-corrected chi connectivity index (χ1v) is 9.19. The highest BCUT2D eigenvalue weighted by Crippen LogP contribution is 2.30. The van der Waals surface area contributed by atoms with Gasteiger partial charge in [-0.05, 0) is 56.4 Å². The lowest BCUT2D eigenvalue weighted by Crippen LogP contribution is -2.45. The molecular weight excluding hydrogens is 356 g/mol. The Morgan fingerprint density at radius 2 is 1.83 bits per heavy atom. The molecule has 2 fully saturated rings. The minimum atomic E-state index is 0.00407. The molecule has 5 heteroatoms. The number of piperidine rings is 1. The highest BCUT2D eigenvalue weighted by atomic mass is 79.9. The van der Waals surface area contributed by atoms with E-state index in [-0.39, 0.29) is 17.7 Å². The summed E-state index contributed by atoms with van der Waals surface area (Å²) in [5.74, 6) is 0.636. The molecule has 4 nitrogen and oxygen atoms in total. The van der Waals surface area contributed by atoms with Gasteiger partial charge in [0.2, 0.25) is 11.8 Å². The molecule has 0 radical (unpaired) electrons. The van der Waals surface area contributed by atoms with Crippen LogP contribution in [0.15, 0.2) is 22.7 Å². The summed E-state index contributed by atoms with van der Waals surface area (Å²) in [5.41, 5.74) is 1.94. The molecule has 23 heavy (non-hydrogen) atoms. The van der Waals surface area contributed by atoms with E-state index in [2.05, 4.69) is 21.2 Å². The molecule has 1 saturated heterocycles. The van der Waals surface area contributed by atoms with Crippen molar-refractivity contribution in [1.82, 2.24) is 4.90 Å². The number of benzene rings is 1. The Morgan fingerprint density at radius 1 is 1.13 bits per heavy atom. The van der Waals surface area contributed by atoms with E-state index in [0.717, 1.165) is 41.4 Å². The third-order valence-corrected chi connectivity index (χ3v) is 5.95. The number of amides is 2. The summed E-state index contributed by atoms with van der Waals surface area (Å²) in [6.07, 6.45) is 4.80. The molecule has 0 aromatic heterocycles. The molecule has 1 heterocycles. The lowest BCUT2D eigenvalue weighted by molar-refractivity contribution is -0.140. The van der Waals surface area contributed by atoms with Crippen molar-refractivity contribution in [2.75, 3.05) is 18.4 Å². The predicted octanol–water partition coefficient (Wildman–Crippen LogP) is 3.73. The van der Waals surface area contributed by atoms with Crippen LogP contribution in [0.1, 0.15) is 37.7 Å². The van der Waals surface area contributed by atoms with Crippen molar-refractivity contribution >= 4 is 33.4 Å². The first-order chi connectivity index (χ1) is 11.0. The maximum absolute atomic E-state index is 12.4. The van der Waals surface area contributed by atoms with Crippen LogP contribution in [0, 0.1) is 18.8 Å². The van der Waals surface area contributed by atoms with Crippen molar-refractivity contribution in [2.24, 2.45) is 11.8 Å². The van der Waals surface area contributed by atoms with E-state index in [9.17, 15) is 9.59 Å². The number of nitrogens with zero attached hydrogens (tertiary/aromatic N) is 1. The van der Waals surface area contributed by atoms with Crippen molar-refractivity contribution < 1.29 is 9.59 Å². The van der Waals surface area contributed by atoms with Gasteiger partial charge in [0.1, 0.15) is 0 Å². The van der Waals surface area contributed by atoms with E-state index in [0.29, 0.717) is 19.0 Å². The lowest BCUT2D eigenvalue weighted by Gasteiger charge is -2.36. The summed E-state index contributed by atoms with van der Waals surface area (Å²) in [7, 11) is 0. The van der Waals surface area contributed by atoms with Gasteiger partial charge in [0.25, 0.3) is 0 Å². The third-order valence-electron chi connectivity index (χ3n) is 5.06. The van der Waals surface area contributed by atoms with Crippen molar-refractivity contribution in [1.29, 1.82) is 0 Å². The molecule has 2 amide bonds. The average Bonchev–Trinajstić information content (AvgIpc) is 2.49. The Morgan fingerprint density at radius 3 is 2.39 bits per heavy atom. The third kappa shape index (κ3) is 3.77. The smallest absolute Gasteiger partial charge is 0.227 e. The average molecular weight is 379 g/mol. The number of carbonyl (C=O) groups excluding carboxylic acids is 2. The van der Waals surface area contributed by atoms with Gasteiger partial charge in [0, 0.05) is 35.1 Å². The summed E-state index contributed by atoms with van der Waals surface area (Å²) < 4.78 is 1.04. The van der Waals surface area contributed by atoms with Gasteiger partial charge in [-0.2, -0.15) is 0 Å². The number of carbonyl (C=O) groups is 2. The van der Waals surface area contributed by atoms with Crippen molar-refractivity contribution in [3.8, 4) is 0 Å². The number of rotatable bonds is 3. The zero-order chi connectivity index (χ0) is 16.4. The molecule has 0 bridgehead atoms. The van der Waals surface area contributed by atoms with Crippen LogP contribution >= 0.6 is 15.9 Å². The summed E-state index contributed by atoms with van der Waals surface area (Å²) in [6, 6.07) is 5.83. The number of halogens is 1. The number of hydrogen-bond acceptors (Lipinski definition) is 2. The molecule has 1 aromatic carbocycles. The van der Waals surface area contributed by atoms with Gasteiger partial charge in [-0.15, -0.1) is 0 Å². The SMILES string of the molecule is Cc1cc(NC(=O)C2CCN(C(=O)C3CCC3)CC2)ccc1Br. The van der Waals surface area contributed by atoms with Crippen LogP contribution < -0.4 is 5.32 Å². The van der Waals surface area contributed by atoms with Gasteiger partial charge < -0.3 is 10.2 Å². The van der Waals surface area contributed by atoms with Gasteiger partial charge in [-0.1, -0.05) is 22.4 Å². The molecule has 1 saturated carbocycles. The molecule has 3 rings (SSSR count). The van der Waals surface area contributed by atoms with Crippen LogP contribution in [-0.2, 0) is 9.59 Å². The molecule has 2 aliphatic rings. The Labute approximate surface area is 145 Å². The van der Waals surface area contributed by atoms with Crippen LogP contribution in [0.25, 0.3) is 0 Å². The summed E-state index contributed by atoms with van der Waals surface area (Å²) in [4.78, 5) is 26.6. The van der Waals surface area contributed by atoms with Gasteiger partial charge in [0.05, 0.1) is 0 Å². The fourth-order valence-corrected chi connectivity index (χ4v) is 3.49. The molecule has 1 aromatic rings. The van der Waals surface area contributed by atoms with Crippen molar-refractivity contribution in [2.45, 2.75) is 39.0 Å². The number of aryl methyl sites for hydroxylation is 1. The molecule has 0 atom stereocenters. The van der Waals surface area contributed by atoms with E-state index >= 15 is 0 Å². The predicted molar refractivity (Wildman–Crippen MR) is 94.2 cm³/mol. The molecule has 1 aliphatic heterocycles. The fourth-order valence-electron chi connectivity index (χ4n) is 3.24. The maximum Gasteiger partial charge on any atom is 0.227 e. The summed E-state index contributed by atoms with van der Waals surface area (Å²) >= 11 is 3.46. The largest absolute Gasteiger partial charge is 0.342 e. The minimum Gasteiger partial charge on any atom is -0.342 e. The molecule has 1 aliphatic carbocycles. The second-order valence-electron chi connectivity index (χ2n) is 6.68. The topological polar surface area (TPSA) is 49.4 Å². The van der Waals surface area contributed by atoms with E-state index < -0.39 is 0 Å². The first kappa shape index (κ1) is 16.5. The monoisotopic (exact) mass is 378 g/mol. The maximum atomic E-state index is 12.4. The zero-order valence-corrected chi connectivity index (χ0v) is 15.1.